The first-order valence-electron chi connectivity index (χ1n) is 8.27. The number of nitriles is 1. The SMILES string of the molecule is COc1ccc(C)cc1NC(=O)[C@@H](C)OC(=O)/C=C/c1ccc(C#N)cc1. The molecule has 0 aliphatic carbocycles. The van der Waals surface area contributed by atoms with Crippen LogP contribution in [0.15, 0.2) is 48.5 Å². The highest BCUT2D eigenvalue weighted by Gasteiger charge is 2.18. The molecular formula is C21H20N2O4. The topological polar surface area (TPSA) is 88.4 Å². The average molecular weight is 364 g/mol. The number of hydrogen-bond acceptors (Lipinski definition) is 5. The Labute approximate surface area is 158 Å². The fraction of sp³-hybridized carbons (Fsp3) is 0.190. The minimum absolute atomic E-state index is 0.459. The second-order valence-corrected chi connectivity index (χ2v) is 5.84. The molecule has 0 bridgehead atoms. The number of ether oxygens (including phenoxy) is 2. The molecule has 138 valence electrons. The number of nitrogens with one attached hydrogen (secondary N) is 1. The first-order valence-corrected chi connectivity index (χ1v) is 8.27. The number of amides is 1. The van der Waals surface area contributed by atoms with E-state index in [2.05, 4.69) is 5.32 Å². The summed E-state index contributed by atoms with van der Waals surface area (Å²) in [6, 6.07) is 14.1. The van der Waals surface area contributed by atoms with E-state index in [1.54, 1.807) is 42.5 Å². The zero-order chi connectivity index (χ0) is 19.8. The van der Waals surface area contributed by atoms with Crippen molar-refractivity contribution in [3.8, 4) is 11.8 Å². The van der Waals surface area contributed by atoms with Crippen molar-refractivity contribution in [1.29, 1.82) is 5.26 Å². The van der Waals surface area contributed by atoms with Gasteiger partial charge in [-0.1, -0.05) is 18.2 Å². The van der Waals surface area contributed by atoms with E-state index in [-0.39, 0.29) is 0 Å². The van der Waals surface area contributed by atoms with Crippen LogP contribution >= 0.6 is 0 Å². The van der Waals surface area contributed by atoms with Crippen LogP contribution in [-0.2, 0) is 14.3 Å². The van der Waals surface area contributed by atoms with Gasteiger partial charge in [0.05, 0.1) is 24.4 Å². The molecule has 6 nitrogen and oxygen atoms in total. The van der Waals surface area contributed by atoms with Crippen molar-refractivity contribution in [2.45, 2.75) is 20.0 Å². The van der Waals surface area contributed by atoms with Gasteiger partial charge in [0.25, 0.3) is 5.91 Å². The molecule has 1 N–H and O–H groups in total. The number of nitrogens with zero attached hydrogens (tertiary/aromatic N) is 1. The van der Waals surface area contributed by atoms with E-state index in [1.165, 1.54) is 20.1 Å². The summed E-state index contributed by atoms with van der Waals surface area (Å²) >= 11 is 0. The Morgan fingerprint density at radius 3 is 2.52 bits per heavy atom. The lowest BCUT2D eigenvalue weighted by molar-refractivity contribution is -0.148. The summed E-state index contributed by atoms with van der Waals surface area (Å²) in [5.41, 5.74) is 2.75. The van der Waals surface area contributed by atoms with Gasteiger partial charge in [0.1, 0.15) is 5.75 Å². The van der Waals surface area contributed by atoms with Crippen LogP contribution in [0.1, 0.15) is 23.6 Å². The van der Waals surface area contributed by atoms with E-state index < -0.39 is 18.0 Å². The maximum absolute atomic E-state index is 12.3. The number of carbonyl (C=O) groups excluding carboxylic acids is 2. The molecule has 0 saturated heterocycles. The normalized spacial score (nSPS) is 11.5. The Hall–Kier alpha value is -3.59. The van der Waals surface area contributed by atoms with Crippen LogP contribution in [0.2, 0.25) is 0 Å². The monoisotopic (exact) mass is 364 g/mol. The zero-order valence-corrected chi connectivity index (χ0v) is 15.4. The molecule has 0 unspecified atom stereocenters. The van der Waals surface area contributed by atoms with Crippen LogP contribution in [-0.4, -0.2) is 25.1 Å². The fourth-order valence-corrected chi connectivity index (χ4v) is 2.25. The van der Waals surface area contributed by atoms with Gasteiger partial charge in [-0.2, -0.15) is 5.26 Å². The lowest BCUT2D eigenvalue weighted by Crippen LogP contribution is -2.29. The summed E-state index contributed by atoms with van der Waals surface area (Å²) in [6.07, 6.45) is 1.81. The van der Waals surface area contributed by atoms with Gasteiger partial charge < -0.3 is 14.8 Å². The van der Waals surface area contributed by atoms with E-state index >= 15 is 0 Å². The Morgan fingerprint density at radius 1 is 1.19 bits per heavy atom. The van der Waals surface area contributed by atoms with Gasteiger partial charge in [-0.25, -0.2) is 4.79 Å². The lowest BCUT2D eigenvalue weighted by atomic mass is 10.1. The molecule has 0 fully saturated rings. The number of hydrogen-bond donors (Lipinski definition) is 1. The third-order valence-electron chi connectivity index (χ3n) is 3.73. The molecule has 0 saturated carbocycles. The molecule has 1 amide bonds. The van der Waals surface area contributed by atoms with Gasteiger partial charge in [0.15, 0.2) is 6.10 Å². The summed E-state index contributed by atoms with van der Waals surface area (Å²) in [7, 11) is 1.51. The molecular weight excluding hydrogens is 344 g/mol. The average Bonchev–Trinajstić information content (AvgIpc) is 2.67. The van der Waals surface area contributed by atoms with Crippen LogP contribution in [0.25, 0.3) is 6.08 Å². The van der Waals surface area contributed by atoms with Gasteiger partial charge in [-0.3, -0.25) is 4.79 Å². The number of esters is 1. The number of rotatable bonds is 6. The second-order valence-electron chi connectivity index (χ2n) is 5.84. The van der Waals surface area contributed by atoms with Crippen LogP contribution in [0, 0.1) is 18.3 Å². The van der Waals surface area contributed by atoms with Crippen LogP contribution < -0.4 is 10.1 Å². The van der Waals surface area contributed by atoms with Crippen molar-refractivity contribution in [3.63, 3.8) is 0 Å². The number of aryl methyl sites for hydroxylation is 1. The molecule has 0 aliphatic heterocycles. The van der Waals surface area contributed by atoms with Crippen molar-refractivity contribution in [2.24, 2.45) is 0 Å². The van der Waals surface area contributed by atoms with Gasteiger partial charge in [0.2, 0.25) is 0 Å². The van der Waals surface area contributed by atoms with Gasteiger partial charge in [0, 0.05) is 6.08 Å². The van der Waals surface area contributed by atoms with E-state index in [0.29, 0.717) is 17.0 Å². The molecule has 2 aromatic carbocycles. The fourth-order valence-electron chi connectivity index (χ4n) is 2.25. The Morgan fingerprint density at radius 2 is 1.89 bits per heavy atom. The minimum atomic E-state index is -0.978. The number of benzene rings is 2. The highest BCUT2D eigenvalue weighted by molar-refractivity contribution is 5.97. The quantitative estimate of drug-likeness (QED) is 0.626. The molecule has 27 heavy (non-hydrogen) atoms. The Kier molecular flexibility index (Phi) is 6.73. The van der Waals surface area contributed by atoms with E-state index in [4.69, 9.17) is 14.7 Å². The molecule has 0 radical (unpaired) electrons. The van der Waals surface area contributed by atoms with Gasteiger partial charge in [-0.15, -0.1) is 0 Å². The van der Waals surface area contributed by atoms with Crippen molar-refractivity contribution in [2.75, 3.05) is 12.4 Å². The first kappa shape index (κ1) is 19.7. The van der Waals surface area contributed by atoms with Gasteiger partial charge in [-0.05, 0) is 55.3 Å². The summed E-state index contributed by atoms with van der Waals surface area (Å²) in [6.45, 7) is 3.39. The second kappa shape index (κ2) is 9.20. The standard InChI is InChI=1S/C21H20N2O4/c1-14-4-10-19(26-3)18(12-14)23-21(25)15(2)27-20(24)11-9-16-5-7-17(13-22)8-6-16/h4-12,15H,1-3H3,(H,23,25)/b11-9+/t15-/m1/s1. The first-order chi connectivity index (χ1) is 12.9. The lowest BCUT2D eigenvalue weighted by Gasteiger charge is -2.15. The maximum Gasteiger partial charge on any atom is 0.331 e. The molecule has 2 aromatic rings. The molecule has 0 spiro atoms. The predicted octanol–water partition coefficient (Wildman–Crippen LogP) is 3.46. The summed E-state index contributed by atoms with van der Waals surface area (Å²) < 4.78 is 10.3. The van der Waals surface area contributed by atoms with Crippen molar-refractivity contribution < 1.29 is 19.1 Å². The minimum Gasteiger partial charge on any atom is -0.495 e. The molecule has 0 aromatic heterocycles. The molecule has 0 aliphatic rings. The Balaban J connectivity index is 1.95. The van der Waals surface area contributed by atoms with Crippen molar-refractivity contribution in [3.05, 3.63) is 65.2 Å². The maximum atomic E-state index is 12.3. The van der Waals surface area contributed by atoms with E-state index in [0.717, 1.165) is 11.1 Å². The summed E-state index contributed by atoms with van der Waals surface area (Å²) in [5, 5.41) is 11.5. The molecule has 2 rings (SSSR count). The smallest absolute Gasteiger partial charge is 0.331 e. The molecule has 6 heteroatoms. The summed E-state index contributed by atoms with van der Waals surface area (Å²) in [4.78, 5) is 24.2. The largest absolute Gasteiger partial charge is 0.495 e. The zero-order valence-electron chi connectivity index (χ0n) is 15.4. The van der Waals surface area contributed by atoms with Crippen LogP contribution in [0.4, 0.5) is 5.69 Å². The third-order valence-corrected chi connectivity index (χ3v) is 3.73. The van der Waals surface area contributed by atoms with Gasteiger partial charge >= 0.3 is 5.97 Å². The Bertz CT molecular complexity index is 895. The van der Waals surface area contributed by atoms with Crippen molar-refractivity contribution in [1.82, 2.24) is 0 Å². The van der Waals surface area contributed by atoms with Crippen LogP contribution in [0.3, 0.4) is 0 Å². The van der Waals surface area contributed by atoms with E-state index in [1.807, 2.05) is 19.1 Å². The van der Waals surface area contributed by atoms with Crippen molar-refractivity contribution >= 4 is 23.6 Å². The van der Waals surface area contributed by atoms with Crippen LogP contribution in [0.5, 0.6) is 5.75 Å². The number of anilines is 1. The molecule has 0 heterocycles. The highest BCUT2D eigenvalue weighted by Crippen LogP contribution is 2.25. The summed E-state index contributed by atoms with van der Waals surface area (Å²) in [5.74, 6) is -0.578. The number of methoxy groups -OCH3 is 1. The van der Waals surface area contributed by atoms with E-state index in [9.17, 15) is 9.59 Å². The third kappa shape index (κ3) is 5.72. The predicted molar refractivity (Wildman–Crippen MR) is 102 cm³/mol. The number of carbonyl (C=O) groups is 2. The molecule has 1 atom stereocenters. The highest BCUT2D eigenvalue weighted by atomic mass is 16.5.